The fourth-order valence-electron chi connectivity index (χ4n) is 5.28. The van der Waals surface area contributed by atoms with Crippen molar-refractivity contribution >= 4 is 5.78 Å². The first-order valence-electron chi connectivity index (χ1n) is 8.42. The van der Waals surface area contributed by atoms with Crippen molar-refractivity contribution in [1.29, 1.82) is 0 Å². The summed E-state index contributed by atoms with van der Waals surface area (Å²) in [7, 11) is 0. The highest BCUT2D eigenvalue weighted by atomic mass is 16.3. The summed E-state index contributed by atoms with van der Waals surface area (Å²) in [6, 6.07) is 0. The van der Waals surface area contributed by atoms with E-state index >= 15 is 0 Å². The molecule has 0 fully saturated rings. The number of allylic oxidation sites excluding steroid dienone is 7. The van der Waals surface area contributed by atoms with Crippen molar-refractivity contribution in [2.75, 3.05) is 0 Å². The summed E-state index contributed by atoms with van der Waals surface area (Å²) in [6.07, 6.45) is 10.7. The van der Waals surface area contributed by atoms with Crippen molar-refractivity contribution < 1.29 is 9.90 Å². The first-order chi connectivity index (χ1) is 10.3. The van der Waals surface area contributed by atoms with Crippen LogP contribution in [-0.2, 0) is 4.79 Å². The maximum absolute atomic E-state index is 12.0. The number of carbonyl (C=O) groups excluding carboxylic acids is 1. The highest BCUT2D eigenvalue weighted by molar-refractivity contribution is 6.05. The largest absolute Gasteiger partial charge is 0.389 e. The molecule has 0 aromatic heterocycles. The molecule has 4 rings (SSSR count). The highest BCUT2D eigenvalue weighted by Gasteiger charge is 2.48. The maximum atomic E-state index is 12.0. The van der Waals surface area contributed by atoms with Crippen LogP contribution >= 0.6 is 0 Å². The van der Waals surface area contributed by atoms with Crippen molar-refractivity contribution in [2.24, 2.45) is 10.8 Å². The van der Waals surface area contributed by atoms with Crippen molar-refractivity contribution in [3.05, 3.63) is 46.1 Å². The van der Waals surface area contributed by atoms with Crippen molar-refractivity contribution in [3.8, 4) is 0 Å². The SMILES string of the molecule is CC1=C2CCC3=C(CC[C@@]4(C)C[C@@H](O)C=C34)[C@@]2(C)C=CC1=O. The van der Waals surface area contributed by atoms with Gasteiger partial charge in [-0.15, -0.1) is 0 Å². The van der Waals surface area contributed by atoms with Gasteiger partial charge in [0.15, 0.2) is 5.78 Å². The van der Waals surface area contributed by atoms with Crippen LogP contribution in [0.25, 0.3) is 0 Å². The molecule has 2 heteroatoms. The van der Waals surface area contributed by atoms with Crippen LogP contribution in [0.3, 0.4) is 0 Å². The smallest absolute Gasteiger partial charge is 0.181 e. The van der Waals surface area contributed by atoms with E-state index < -0.39 is 0 Å². The number of aliphatic hydroxyl groups excluding tert-OH is 1. The molecule has 0 radical (unpaired) electrons. The quantitative estimate of drug-likeness (QED) is 0.733. The molecule has 4 aliphatic rings. The Morgan fingerprint density at radius 3 is 2.73 bits per heavy atom. The van der Waals surface area contributed by atoms with E-state index in [0.717, 1.165) is 37.7 Å². The molecule has 0 amide bonds. The van der Waals surface area contributed by atoms with Gasteiger partial charge in [-0.1, -0.05) is 24.6 Å². The molecule has 22 heavy (non-hydrogen) atoms. The Balaban J connectivity index is 1.89. The average molecular weight is 296 g/mol. The molecule has 0 bridgehead atoms. The maximum Gasteiger partial charge on any atom is 0.181 e. The summed E-state index contributed by atoms with van der Waals surface area (Å²) in [5.41, 5.74) is 6.70. The second-order valence-electron chi connectivity index (χ2n) is 7.87. The van der Waals surface area contributed by atoms with Crippen LogP contribution in [0.4, 0.5) is 0 Å². The van der Waals surface area contributed by atoms with Crippen LogP contribution in [0.15, 0.2) is 46.1 Å². The van der Waals surface area contributed by atoms with Crippen molar-refractivity contribution in [2.45, 2.75) is 59.0 Å². The molecule has 3 atom stereocenters. The Labute approximate surface area is 132 Å². The zero-order valence-corrected chi connectivity index (χ0v) is 13.7. The van der Waals surface area contributed by atoms with E-state index in [2.05, 4.69) is 26.0 Å². The number of hydrogen-bond acceptors (Lipinski definition) is 2. The molecule has 0 heterocycles. The lowest BCUT2D eigenvalue weighted by Crippen LogP contribution is -2.35. The summed E-state index contributed by atoms with van der Waals surface area (Å²) in [4.78, 5) is 12.0. The molecule has 116 valence electrons. The normalized spacial score (nSPS) is 40.5. The van der Waals surface area contributed by atoms with E-state index in [1.807, 2.05) is 6.92 Å². The summed E-state index contributed by atoms with van der Waals surface area (Å²) in [6.45, 7) is 6.56. The third-order valence-electron chi connectivity index (χ3n) is 6.55. The van der Waals surface area contributed by atoms with Gasteiger partial charge in [0.05, 0.1) is 6.10 Å². The number of rotatable bonds is 0. The van der Waals surface area contributed by atoms with Gasteiger partial charge in [0.25, 0.3) is 0 Å². The van der Waals surface area contributed by atoms with Crippen LogP contribution in [0.1, 0.15) is 52.9 Å². The van der Waals surface area contributed by atoms with Gasteiger partial charge >= 0.3 is 0 Å². The molecular weight excluding hydrogens is 272 g/mol. The fourth-order valence-corrected chi connectivity index (χ4v) is 5.28. The Kier molecular flexibility index (Phi) is 2.79. The van der Waals surface area contributed by atoms with E-state index in [9.17, 15) is 9.90 Å². The standard InChI is InChI=1S/C20H24O2/c1-12-15-5-4-14-16(20(15,3)9-7-18(12)22)6-8-19(2)11-13(21)10-17(14)19/h7,9-10,13,21H,4-6,8,11H2,1-3H3/t13-,19-,20-/m0/s1. The summed E-state index contributed by atoms with van der Waals surface area (Å²) < 4.78 is 0. The molecule has 0 aromatic carbocycles. The Bertz CT molecular complexity index is 703. The summed E-state index contributed by atoms with van der Waals surface area (Å²) in [5.74, 6) is 0.174. The molecule has 0 aromatic rings. The molecule has 4 aliphatic carbocycles. The van der Waals surface area contributed by atoms with E-state index in [1.165, 1.54) is 22.3 Å². The Morgan fingerprint density at radius 2 is 1.95 bits per heavy atom. The molecular formula is C20H24O2. The zero-order valence-electron chi connectivity index (χ0n) is 13.7. The summed E-state index contributed by atoms with van der Waals surface area (Å²) in [5, 5.41) is 10.1. The molecule has 0 aliphatic heterocycles. The van der Waals surface area contributed by atoms with Crippen LogP contribution in [0, 0.1) is 10.8 Å². The lowest BCUT2D eigenvalue weighted by atomic mass is 9.57. The minimum Gasteiger partial charge on any atom is -0.389 e. The van der Waals surface area contributed by atoms with Gasteiger partial charge in [-0.05, 0) is 79.7 Å². The van der Waals surface area contributed by atoms with Gasteiger partial charge in [-0.2, -0.15) is 0 Å². The number of ketones is 1. The van der Waals surface area contributed by atoms with Gasteiger partial charge in [-0.25, -0.2) is 0 Å². The second kappa shape index (κ2) is 4.32. The van der Waals surface area contributed by atoms with Gasteiger partial charge < -0.3 is 5.11 Å². The van der Waals surface area contributed by atoms with E-state index in [0.29, 0.717) is 0 Å². The highest BCUT2D eigenvalue weighted by Crippen LogP contribution is 2.60. The second-order valence-corrected chi connectivity index (χ2v) is 7.87. The topological polar surface area (TPSA) is 37.3 Å². The minimum absolute atomic E-state index is 0.0821. The lowest BCUT2D eigenvalue weighted by Gasteiger charge is -2.47. The van der Waals surface area contributed by atoms with Crippen LogP contribution in [0.5, 0.6) is 0 Å². The number of carbonyl (C=O) groups is 1. The third kappa shape index (κ3) is 1.68. The average Bonchev–Trinajstić information content (AvgIpc) is 2.78. The number of hydrogen-bond donors (Lipinski definition) is 1. The van der Waals surface area contributed by atoms with Gasteiger partial charge in [0.2, 0.25) is 0 Å². The van der Waals surface area contributed by atoms with E-state index in [4.69, 9.17) is 0 Å². The molecule has 0 saturated carbocycles. The molecule has 0 saturated heterocycles. The zero-order chi connectivity index (χ0) is 15.7. The number of fused-ring (bicyclic) bond motifs is 4. The van der Waals surface area contributed by atoms with E-state index in [1.54, 1.807) is 6.08 Å². The Hall–Kier alpha value is -1.41. The van der Waals surface area contributed by atoms with Gasteiger partial charge in [-0.3, -0.25) is 4.79 Å². The Morgan fingerprint density at radius 1 is 1.18 bits per heavy atom. The third-order valence-corrected chi connectivity index (χ3v) is 6.55. The monoisotopic (exact) mass is 296 g/mol. The number of aliphatic hydroxyl groups is 1. The lowest BCUT2D eigenvalue weighted by molar-refractivity contribution is -0.111. The van der Waals surface area contributed by atoms with E-state index in [-0.39, 0.29) is 22.7 Å². The van der Waals surface area contributed by atoms with Crippen LogP contribution in [-0.4, -0.2) is 17.0 Å². The molecule has 2 nitrogen and oxygen atoms in total. The van der Waals surface area contributed by atoms with Gasteiger partial charge in [0.1, 0.15) is 0 Å². The first kappa shape index (κ1) is 14.2. The van der Waals surface area contributed by atoms with Crippen LogP contribution in [0.2, 0.25) is 0 Å². The fraction of sp³-hybridized carbons (Fsp3) is 0.550. The predicted molar refractivity (Wildman–Crippen MR) is 87.3 cm³/mol. The van der Waals surface area contributed by atoms with Crippen molar-refractivity contribution in [3.63, 3.8) is 0 Å². The first-order valence-corrected chi connectivity index (χ1v) is 8.42. The molecule has 0 unspecified atom stereocenters. The molecule has 1 N–H and O–H groups in total. The predicted octanol–water partition coefficient (Wildman–Crippen LogP) is 4.03. The van der Waals surface area contributed by atoms with Gasteiger partial charge in [0, 0.05) is 5.41 Å². The molecule has 0 spiro atoms. The van der Waals surface area contributed by atoms with Crippen LogP contribution < -0.4 is 0 Å². The van der Waals surface area contributed by atoms with Crippen molar-refractivity contribution in [1.82, 2.24) is 0 Å². The summed E-state index contributed by atoms with van der Waals surface area (Å²) >= 11 is 0. The minimum atomic E-state index is -0.290.